The van der Waals surface area contributed by atoms with E-state index >= 15 is 0 Å². The molecule has 2 aliphatic heterocycles. The highest BCUT2D eigenvalue weighted by Crippen LogP contribution is 2.44. The van der Waals surface area contributed by atoms with E-state index in [4.69, 9.17) is 9.84 Å². The third-order valence-electron chi connectivity index (χ3n) is 5.65. The van der Waals surface area contributed by atoms with E-state index in [0.717, 1.165) is 37.9 Å². The van der Waals surface area contributed by atoms with E-state index in [1.807, 2.05) is 30.3 Å². The Bertz CT molecular complexity index is 676. The van der Waals surface area contributed by atoms with Gasteiger partial charge < -0.3 is 20.5 Å². The summed E-state index contributed by atoms with van der Waals surface area (Å²) in [6.07, 6.45) is 9.75. The van der Waals surface area contributed by atoms with E-state index in [0.29, 0.717) is 37.0 Å². The molecule has 6 nitrogen and oxygen atoms in total. The molecule has 2 saturated heterocycles. The lowest BCUT2D eigenvalue weighted by Crippen LogP contribution is -2.38. The lowest BCUT2D eigenvalue weighted by molar-refractivity contribution is -0.137. The van der Waals surface area contributed by atoms with E-state index in [2.05, 4.69) is 22.8 Å². The van der Waals surface area contributed by atoms with Gasteiger partial charge in [0.2, 0.25) is 5.91 Å². The Balaban J connectivity index is 1.40. The van der Waals surface area contributed by atoms with Crippen molar-refractivity contribution in [1.82, 2.24) is 5.32 Å². The van der Waals surface area contributed by atoms with Gasteiger partial charge in [-0.15, -0.1) is 0 Å². The minimum atomic E-state index is -0.739. The second kappa shape index (κ2) is 10.4. The summed E-state index contributed by atoms with van der Waals surface area (Å²) in [7, 11) is 0. The zero-order valence-corrected chi connectivity index (χ0v) is 16.2. The van der Waals surface area contributed by atoms with Crippen LogP contribution in [0.4, 0.5) is 5.69 Å². The first-order chi connectivity index (χ1) is 13.6. The summed E-state index contributed by atoms with van der Waals surface area (Å²) >= 11 is 0. The van der Waals surface area contributed by atoms with Crippen LogP contribution in [0.2, 0.25) is 0 Å². The molecule has 152 valence electrons. The second-order valence-electron chi connectivity index (χ2n) is 7.66. The Hall–Kier alpha value is -2.18. The molecule has 1 amide bonds. The number of benzene rings is 1. The van der Waals surface area contributed by atoms with Gasteiger partial charge >= 0.3 is 5.97 Å². The quantitative estimate of drug-likeness (QED) is 0.401. The van der Waals surface area contributed by atoms with Crippen molar-refractivity contribution in [2.24, 2.45) is 11.8 Å². The highest BCUT2D eigenvalue weighted by Gasteiger charge is 2.47. The number of carboxylic acid groups (broad SMARTS) is 1. The van der Waals surface area contributed by atoms with Crippen molar-refractivity contribution in [2.75, 3.05) is 18.4 Å². The zero-order chi connectivity index (χ0) is 19.8. The third-order valence-corrected chi connectivity index (χ3v) is 5.65. The molecule has 0 aliphatic carbocycles. The summed E-state index contributed by atoms with van der Waals surface area (Å²) in [6.45, 7) is 1.07. The molecule has 2 fully saturated rings. The molecule has 2 aliphatic rings. The fourth-order valence-electron chi connectivity index (χ4n) is 4.30. The maximum atomic E-state index is 12.1. The third kappa shape index (κ3) is 5.91. The maximum Gasteiger partial charge on any atom is 0.303 e. The molecule has 3 rings (SSSR count). The topological polar surface area (TPSA) is 87.7 Å². The molecule has 0 unspecified atom stereocenters. The van der Waals surface area contributed by atoms with E-state index in [9.17, 15) is 9.59 Å². The molecule has 28 heavy (non-hydrogen) atoms. The second-order valence-corrected chi connectivity index (χ2v) is 7.66. The van der Waals surface area contributed by atoms with Crippen LogP contribution >= 0.6 is 0 Å². The molecule has 1 aromatic rings. The molecule has 4 atom stereocenters. The van der Waals surface area contributed by atoms with Gasteiger partial charge in [-0.1, -0.05) is 30.4 Å². The van der Waals surface area contributed by atoms with Gasteiger partial charge in [0.05, 0.1) is 18.8 Å². The standard InChI is InChI=1S/C22H30N2O4/c25-21(24-16-8-4-3-5-9-16)15-23-14-18-17(19-12-13-20(18)28-19)10-6-1-2-7-11-22(26)27/h1,3-6,8-9,17-20,23H,2,7,10-15H2,(H,24,25)(H,26,27)/b6-1-/t17-,18+,19-,20+/m1/s1. The maximum absolute atomic E-state index is 12.1. The number of rotatable bonds is 11. The molecule has 3 N–H and O–H groups in total. The highest BCUT2D eigenvalue weighted by molar-refractivity contribution is 5.92. The fourth-order valence-corrected chi connectivity index (χ4v) is 4.30. The van der Waals surface area contributed by atoms with Gasteiger partial charge in [-0.25, -0.2) is 0 Å². The van der Waals surface area contributed by atoms with Crippen molar-refractivity contribution in [2.45, 2.75) is 50.7 Å². The Kier molecular flexibility index (Phi) is 7.62. The van der Waals surface area contributed by atoms with Gasteiger partial charge in [-0.2, -0.15) is 0 Å². The van der Waals surface area contributed by atoms with Crippen molar-refractivity contribution in [3.63, 3.8) is 0 Å². The number of hydrogen-bond acceptors (Lipinski definition) is 4. The van der Waals surface area contributed by atoms with Crippen molar-refractivity contribution in [3.8, 4) is 0 Å². The van der Waals surface area contributed by atoms with Crippen LogP contribution in [-0.4, -0.2) is 42.3 Å². The van der Waals surface area contributed by atoms with Crippen molar-refractivity contribution in [3.05, 3.63) is 42.5 Å². The molecular formula is C22H30N2O4. The van der Waals surface area contributed by atoms with Crippen molar-refractivity contribution in [1.29, 1.82) is 0 Å². The zero-order valence-electron chi connectivity index (χ0n) is 16.2. The lowest BCUT2D eigenvalue weighted by Gasteiger charge is -2.27. The predicted octanol–water partition coefficient (Wildman–Crippen LogP) is 3.21. The number of nitrogens with one attached hydrogen (secondary N) is 2. The van der Waals surface area contributed by atoms with Gasteiger partial charge in [0.1, 0.15) is 0 Å². The largest absolute Gasteiger partial charge is 0.481 e. The first kappa shape index (κ1) is 20.6. The number of anilines is 1. The number of hydrogen-bond donors (Lipinski definition) is 3. The number of fused-ring (bicyclic) bond motifs is 2. The average Bonchev–Trinajstić information content (AvgIpc) is 3.27. The van der Waals surface area contributed by atoms with Gasteiger partial charge in [-0.3, -0.25) is 9.59 Å². The van der Waals surface area contributed by atoms with Gasteiger partial charge in [0.25, 0.3) is 0 Å². The van der Waals surface area contributed by atoms with Crippen LogP contribution in [0, 0.1) is 11.8 Å². The number of aliphatic carboxylic acids is 1. The Labute approximate surface area is 166 Å². The Morgan fingerprint density at radius 1 is 1.11 bits per heavy atom. The van der Waals surface area contributed by atoms with Gasteiger partial charge in [0, 0.05) is 24.6 Å². The number of carbonyl (C=O) groups is 2. The van der Waals surface area contributed by atoms with Crippen LogP contribution in [0.15, 0.2) is 42.5 Å². The molecule has 0 aromatic heterocycles. The molecule has 0 saturated carbocycles. The minimum absolute atomic E-state index is 0.0369. The molecular weight excluding hydrogens is 356 g/mol. The molecule has 0 radical (unpaired) electrons. The Morgan fingerprint density at radius 2 is 1.86 bits per heavy atom. The van der Waals surface area contributed by atoms with Crippen LogP contribution < -0.4 is 10.6 Å². The van der Waals surface area contributed by atoms with Gasteiger partial charge in [-0.05, 0) is 50.2 Å². The lowest BCUT2D eigenvalue weighted by atomic mass is 9.77. The SMILES string of the molecule is O=C(O)CCC/C=C\C[C@@H]1[C@H](CNCC(=O)Nc2ccccc2)[C@@H]2CC[C@H]1O2. The summed E-state index contributed by atoms with van der Waals surface area (Å²) < 4.78 is 6.11. The van der Waals surface area contributed by atoms with Crippen molar-refractivity contribution >= 4 is 17.6 Å². The smallest absolute Gasteiger partial charge is 0.303 e. The normalized spacial score (nSPS) is 26.0. The highest BCUT2D eigenvalue weighted by atomic mass is 16.5. The number of unbranched alkanes of at least 4 members (excludes halogenated alkanes) is 1. The summed E-state index contributed by atoms with van der Waals surface area (Å²) in [5.41, 5.74) is 0.809. The first-order valence-corrected chi connectivity index (χ1v) is 10.2. The molecule has 2 bridgehead atoms. The summed E-state index contributed by atoms with van der Waals surface area (Å²) in [4.78, 5) is 22.6. The monoisotopic (exact) mass is 386 g/mol. The minimum Gasteiger partial charge on any atom is -0.481 e. The fraction of sp³-hybridized carbons (Fsp3) is 0.545. The van der Waals surface area contributed by atoms with E-state index in [1.165, 1.54) is 0 Å². The molecule has 0 spiro atoms. The van der Waals surface area contributed by atoms with Crippen LogP contribution in [0.25, 0.3) is 0 Å². The number of amides is 1. The summed E-state index contributed by atoms with van der Waals surface area (Å²) in [6, 6.07) is 9.47. The van der Waals surface area contributed by atoms with Gasteiger partial charge in [0.15, 0.2) is 0 Å². The average molecular weight is 386 g/mol. The molecule has 6 heteroatoms. The number of carboxylic acids is 1. The number of allylic oxidation sites excluding steroid dienone is 2. The van der Waals surface area contributed by atoms with Crippen LogP contribution in [-0.2, 0) is 14.3 Å². The molecule has 1 aromatic carbocycles. The van der Waals surface area contributed by atoms with E-state index in [-0.39, 0.29) is 12.3 Å². The summed E-state index contributed by atoms with van der Waals surface area (Å²) in [5.74, 6) is 0.119. The first-order valence-electron chi connectivity index (χ1n) is 10.2. The number of para-hydroxylation sites is 1. The number of carbonyl (C=O) groups excluding carboxylic acids is 1. The van der Waals surface area contributed by atoms with Crippen molar-refractivity contribution < 1.29 is 19.4 Å². The van der Waals surface area contributed by atoms with E-state index < -0.39 is 5.97 Å². The van der Waals surface area contributed by atoms with E-state index in [1.54, 1.807) is 0 Å². The number of ether oxygens (including phenoxy) is 1. The Morgan fingerprint density at radius 3 is 2.61 bits per heavy atom. The molecule has 2 heterocycles. The predicted molar refractivity (Wildman–Crippen MR) is 108 cm³/mol. The van der Waals surface area contributed by atoms with Crippen LogP contribution in [0.3, 0.4) is 0 Å². The van der Waals surface area contributed by atoms with Crippen LogP contribution in [0.1, 0.15) is 38.5 Å². The summed E-state index contributed by atoms with van der Waals surface area (Å²) in [5, 5.41) is 14.9. The van der Waals surface area contributed by atoms with Crippen LogP contribution in [0.5, 0.6) is 0 Å².